The van der Waals surface area contributed by atoms with Crippen molar-refractivity contribution in [2.75, 3.05) is 0 Å². The predicted octanol–water partition coefficient (Wildman–Crippen LogP) is 2.78. The summed E-state index contributed by atoms with van der Waals surface area (Å²) in [7, 11) is -7.04. The molecule has 0 aliphatic carbocycles. The summed E-state index contributed by atoms with van der Waals surface area (Å²) in [6, 6.07) is 11.9. The SMILES string of the molecule is C[C@@H](c1nn[nH]n1)S(=O)(=O)c1ccc(Cl)cc1.C[C@H](c1nn[nH]n1)S(=O)(=O)c1ccc(Cl)cc1. The van der Waals surface area contributed by atoms with Crippen molar-refractivity contribution in [3.8, 4) is 0 Å². The standard InChI is InChI=1S/2C9H9ClN4O2S/c2*1-6(9-11-13-14-12-9)17(15,16)8-4-2-7(10)3-5-8/h2*2-6H,1H3,(H,11,12,13,14)/t2*6-/m10/s1. The van der Waals surface area contributed by atoms with Crippen molar-refractivity contribution < 1.29 is 16.8 Å². The molecule has 12 nitrogen and oxygen atoms in total. The van der Waals surface area contributed by atoms with Crippen molar-refractivity contribution in [2.45, 2.75) is 34.1 Å². The highest BCUT2D eigenvalue weighted by Crippen LogP contribution is 2.27. The van der Waals surface area contributed by atoms with Crippen LogP contribution in [0.4, 0.5) is 0 Å². The summed E-state index contributed by atoms with van der Waals surface area (Å²) >= 11 is 11.4. The highest BCUT2D eigenvalue weighted by atomic mass is 35.5. The van der Waals surface area contributed by atoms with Crippen LogP contribution >= 0.6 is 23.2 Å². The average Bonchev–Trinajstić information content (AvgIpc) is 3.53. The number of sulfone groups is 2. The quantitative estimate of drug-likeness (QED) is 0.366. The fraction of sp³-hybridized carbons (Fsp3) is 0.222. The minimum Gasteiger partial charge on any atom is -0.223 e. The lowest BCUT2D eigenvalue weighted by molar-refractivity contribution is 0.581. The molecule has 0 radical (unpaired) electrons. The van der Waals surface area contributed by atoms with E-state index in [1.165, 1.54) is 62.4 Å². The summed E-state index contributed by atoms with van der Waals surface area (Å²) in [5, 5.41) is 25.1. The molecule has 180 valence electrons. The van der Waals surface area contributed by atoms with E-state index < -0.39 is 30.2 Å². The third-order valence-electron chi connectivity index (χ3n) is 4.67. The van der Waals surface area contributed by atoms with Gasteiger partial charge in [-0.2, -0.15) is 10.4 Å². The summed E-state index contributed by atoms with van der Waals surface area (Å²) in [5.74, 6) is 0.278. The molecule has 0 saturated heterocycles. The minimum atomic E-state index is -3.52. The van der Waals surface area contributed by atoms with Gasteiger partial charge in [-0.05, 0) is 62.4 Å². The van der Waals surface area contributed by atoms with Crippen molar-refractivity contribution in [2.24, 2.45) is 0 Å². The van der Waals surface area contributed by atoms with E-state index in [-0.39, 0.29) is 21.4 Å². The number of aromatic amines is 2. The molecule has 0 aliphatic heterocycles. The van der Waals surface area contributed by atoms with Crippen LogP contribution < -0.4 is 0 Å². The van der Waals surface area contributed by atoms with Crippen molar-refractivity contribution in [1.82, 2.24) is 41.2 Å². The molecule has 2 aromatic heterocycles. The monoisotopic (exact) mass is 544 g/mol. The number of nitrogens with zero attached hydrogens (tertiary/aromatic N) is 6. The van der Waals surface area contributed by atoms with Crippen LogP contribution in [-0.4, -0.2) is 58.1 Å². The molecule has 34 heavy (non-hydrogen) atoms. The summed E-state index contributed by atoms with van der Waals surface area (Å²) in [6.45, 7) is 3.02. The fourth-order valence-electron chi connectivity index (χ4n) is 2.62. The molecule has 0 unspecified atom stereocenters. The summed E-state index contributed by atoms with van der Waals surface area (Å²) in [4.78, 5) is 0.360. The van der Waals surface area contributed by atoms with Crippen LogP contribution in [0.2, 0.25) is 10.0 Å². The molecule has 0 bridgehead atoms. The van der Waals surface area contributed by atoms with E-state index in [0.29, 0.717) is 10.0 Å². The van der Waals surface area contributed by atoms with Gasteiger partial charge >= 0.3 is 0 Å². The molecule has 16 heteroatoms. The molecule has 0 fully saturated rings. The van der Waals surface area contributed by atoms with E-state index in [9.17, 15) is 16.8 Å². The Morgan fingerprint density at radius 1 is 0.647 bits per heavy atom. The summed E-state index contributed by atoms with van der Waals surface area (Å²) < 4.78 is 48.7. The van der Waals surface area contributed by atoms with Crippen molar-refractivity contribution in [3.05, 3.63) is 70.2 Å². The highest BCUT2D eigenvalue weighted by molar-refractivity contribution is 7.92. The van der Waals surface area contributed by atoms with E-state index in [1.54, 1.807) is 0 Å². The van der Waals surface area contributed by atoms with Gasteiger partial charge in [0.1, 0.15) is 10.5 Å². The zero-order chi connectivity index (χ0) is 24.9. The van der Waals surface area contributed by atoms with Crippen molar-refractivity contribution >= 4 is 42.9 Å². The van der Waals surface area contributed by atoms with Crippen molar-refractivity contribution in [1.29, 1.82) is 0 Å². The number of benzene rings is 2. The molecule has 4 aromatic rings. The Labute approximate surface area is 204 Å². The molecule has 2 N–H and O–H groups in total. The first kappa shape index (κ1) is 25.7. The Kier molecular flexibility index (Phi) is 7.97. The maximum absolute atomic E-state index is 12.2. The van der Waals surface area contributed by atoms with Crippen LogP contribution in [-0.2, 0) is 19.7 Å². The maximum atomic E-state index is 12.2. The topological polar surface area (TPSA) is 177 Å². The number of hydrogen-bond acceptors (Lipinski definition) is 10. The first-order valence-corrected chi connectivity index (χ1v) is 13.3. The third kappa shape index (κ3) is 5.75. The lowest BCUT2D eigenvalue weighted by atomic mass is 10.4. The largest absolute Gasteiger partial charge is 0.223 e. The van der Waals surface area contributed by atoms with Gasteiger partial charge in [-0.25, -0.2) is 16.8 Å². The zero-order valence-corrected chi connectivity index (χ0v) is 20.8. The van der Waals surface area contributed by atoms with Crippen LogP contribution in [0.3, 0.4) is 0 Å². The Balaban J connectivity index is 0.000000191. The molecular formula is C18H18Cl2N8O4S2. The smallest absolute Gasteiger partial charge is 0.192 e. The van der Waals surface area contributed by atoms with Gasteiger partial charge in [-0.1, -0.05) is 33.6 Å². The Morgan fingerprint density at radius 2 is 0.971 bits per heavy atom. The molecule has 2 atom stereocenters. The number of rotatable bonds is 6. The predicted molar refractivity (Wildman–Crippen MR) is 122 cm³/mol. The second-order valence-corrected chi connectivity index (χ2v) is 12.2. The third-order valence-corrected chi connectivity index (χ3v) is 9.31. The van der Waals surface area contributed by atoms with E-state index in [4.69, 9.17) is 23.2 Å². The fourth-order valence-corrected chi connectivity index (χ4v) is 5.47. The van der Waals surface area contributed by atoms with Crippen molar-refractivity contribution in [3.63, 3.8) is 0 Å². The Bertz CT molecular complexity index is 1300. The van der Waals surface area contributed by atoms with Gasteiger partial charge in [0.2, 0.25) is 0 Å². The normalized spacial score (nSPS) is 13.5. The van der Waals surface area contributed by atoms with Gasteiger partial charge in [0.25, 0.3) is 0 Å². The number of aromatic nitrogens is 8. The zero-order valence-electron chi connectivity index (χ0n) is 17.7. The molecule has 0 saturated carbocycles. The number of hydrogen-bond donors (Lipinski definition) is 2. The molecule has 0 spiro atoms. The Morgan fingerprint density at radius 3 is 1.24 bits per heavy atom. The summed E-state index contributed by atoms with van der Waals surface area (Å²) in [5.41, 5.74) is 0. The lowest BCUT2D eigenvalue weighted by Crippen LogP contribution is -2.12. The van der Waals surface area contributed by atoms with Gasteiger partial charge in [-0.3, -0.25) is 0 Å². The number of tetrazole rings is 2. The molecule has 4 rings (SSSR count). The van der Waals surface area contributed by atoms with Gasteiger partial charge in [0, 0.05) is 10.0 Å². The van der Waals surface area contributed by atoms with Gasteiger partial charge < -0.3 is 0 Å². The second kappa shape index (κ2) is 10.5. The lowest BCUT2D eigenvalue weighted by Gasteiger charge is -2.08. The maximum Gasteiger partial charge on any atom is 0.192 e. The van der Waals surface area contributed by atoms with Crippen LogP contribution in [0.5, 0.6) is 0 Å². The van der Waals surface area contributed by atoms with E-state index in [2.05, 4.69) is 41.2 Å². The number of nitrogens with one attached hydrogen (secondary N) is 2. The number of H-pyrrole nitrogens is 2. The average molecular weight is 545 g/mol. The van der Waals surface area contributed by atoms with E-state index in [0.717, 1.165) is 0 Å². The molecule has 2 aromatic carbocycles. The first-order valence-electron chi connectivity index (χ1n) is 9.49. The van der Waals surface area contributed by atoms with Gasteiger partial charge in [-0.15, -0.1) is 20.4 Å². The van der Waals surface area contributed by atoms with E-state index in [1.807, 2.05) is 0 Å². The molecule has 2 heterocycles. The Hall–Kier alpha value is -2.94. The minimum absolute atomic E-state index is 0.139. The molecule has 0 amide bonds. The van der Waals surface area contributed by atoms with Crippen LogP contribution in [0, 0.1) is 0 Å². The van der Waals surface area contributed by atoms with Gasteiger partial charge in [0.15, 0.2) is 31.3 Å². The first-order chi connectivity index (χ1) is 16.0. The second-order valence-electron chi connectivity index (χ2n) is 6.82. The van der Waals surface area contributed by atoms with Crippen LogP contribution in [0.25, 0.3) is 0 Å². The molecule has 0 aliphatic rings. The molecular weight excluding hydrogens is 527 g/mol. The highest BCUT2D eigenvalue weighted by Gasteiger charge is 2.29. The van der Waals surface area contributed by atoms with Crippen LogP contribution in [0.15, 0.2) is 58.3 Å². The summed E-state index contributed by atoms with van der Waals surface area (Å²) in [6.07, 6.45) is 0. The van der Waals surface area contributed by atoms with Gasteiger partial charge in [0.05, 0.1) is 9.79 Å². The number of halogens is 2. The van der Waals surface area contributed by atoms with Crippen LogP contribution in [0.1, 0.15) is 36.0 Å². The van der Waals surface area contributed by atoms with E-state index >= 15 is 0 Å².